The highest BCUT2D eigenvalue weighted by molar-refractivity contribution is 5.65. The molecule has 0 bridgehead atoms. The summed E-state index contributed by atoms with van der Waals surface area (Å²) in [5, 5.41) is 4.45. The van der Waals surface area contributed by atoms with Gasteiger partial charge in [0, 0.05) is 20.1 Å². The van der Waals surface area contributed by atoms with E-state index < -0.39 is 0 Å². The lowest BCUT2D eigenvalue weighted by Crippen LogP contribution is -2.24. The van der Waals surface area contributed by atoms with Crippen molar-refractivity contribution in [1.82, 2.24) is 9.78 Å². The Hall–Kier alpha value is -1.19. The number of hydrogen-bond donors (Lipinski definition) is 1. The van der Waals surface area contributed by atoms with Gasteiger partial charge >= 0.3 is 0 Å². The second-order valence-electron chi connectivity index (χ2n) is 4.99. The van der Waals surface area contributed by atoms with Crippen LogP contribution in [0.25, 0.3) is 0 Å². The lowest BCUT2D eigenvalue weighted by Gasteiger charge is -2.20. The van der Waals surface area contributed by atoms with Gasteiger partial charge in [-0.1, -0.05) is 6.92 Å². The first kappa shape index (κ1) is 11.3. The van der Waals surface area contributed by atoms with Gasteiger partial charge in [0.1, 0.15) is 5.82 Å². The molecule has 4 nitrogen and oxygen atoms in total. The van der Waals surface area contributed by atoms with Crippen molar-refractivity contribution in [3.63, 3.8) is 0 Å². The Morgan fingerprint density at radius 1 is 1.56 bits per heavy atom. The van der Waals surface area contributed by atoms with Gasteiger partial charge in [0.05, 0.1) is 11.4 Å². The molecule has 1 aliphatic rings. The summed E-state index contributed by atoms with van der Waals surface area (Å²) in [7, 11) is 2.12. The van der Waals surface area contributed by atoms with Gasteiger partial charge in [-0.05, 0) is 32.1 Å². The number of nitrogen functional groups attached to an aromatic ring is 1. The van der Waals surface area contributed by atoms with Crippen molar-refractivity contribution in [1.29, 1.82) is 0 Å². The van der Waals surface area contributed by atoms with Gasteiger partial charge in [0.25, 0.3) is 0 Å². The zero-order valence-electron chi connectivity index (χ0n) is 10.7. The van der Waals surface area contributed by atoms with E-state index in [9.17, 15) is 0 Å². The molecule has 1 aromatic heterocycles. The second kappa shape index (κ2) is 4.00. The van der Waals surface area contributed by atoms with Gasteiger partial charge in [-0.2, -0.15) is 5.10 Å². The SMILES string of the molecule is CCn1nc(C)c(N)c1N(C)CC1CC1C. The monoisotopic (exact) mass is 222 g/mol. The van der Waals surface area contributed by atoms with Crippen molar-refractivity contribution in [2.45, 2.75) is 33.7 Å². The number of rotatable bonds is 4. The summed E-state index contributed by atoms with van der Waals surface area (Å²) in [6, 6.07) is 0. The Labute approximate surface area is 97.4 Å². The van der Waals surface area contributed by atoms with Crippen LogP contribution in [0, 0.1) is 18.8 Å². The molecule has 0 radical (unpaired) electrons. The van der Waals surface area contributed by atoms with Crippen LogP contribution in [-0.4, -0.2) is 23.4 Å². The van der Waals surface area contributed by atoms with Crippen LogP contribution in [0.2, 0.25) is 0 Å². The molecule has 0 aliphatic heterocycles. The van der Waals surface area contributed by atoms with Gasteiger partial charge in [-0.15, -0.1) is 0 Å². The summed E-state index contributed by atoms with van der Waals surface area (Å²) in [5.74, 6) is 2.80. The third-order valence-electron chi connectivity index (χ3n) is 3.59. The smallest absolute Gasteiger partial charge is 0.150 e. The van der Waals surface area contributed by atoms with E-state index in [-0.39, 0.29) is 0 Å². The first-order chi connectivity index (χ1) is 7.54. The minimum Gasteiger partial charge on any atom is -0.394 e. The van der Waals surface area contributed by atoms with Crippen LogP contribution in [0.15, 0.2) is 0 Å². The van der Waals surface area contributed by atoms with Crippen LogP contribution in [0.5, 0.6) is 0 Å². The predicted octanol–water partition coefficient (Wildman–Crippen LogP) is 1.89. The topological polar surface area (TPSA) is 47.1 Å². The van der Waals surface area contributed by atoms with Crippen molar-refractivity contribution in [3.8, 4) is 0 Å². The van der Waals surface area contributed by atoms with E-state index in [4.69, 9.17) is 5.73 Å². The van der Waals surface area contributed by atoms with Gasteiger partial charge in [0.2, 0.25) is 0 Å². The molecule has 16 heavy (non-hydrogen) atoms. The molecule has 1 heterocycles. The van der Waals surface area contributed by atoms with Crippen molar-refractivity contribution in [3.05, 3.63) is 5.69 Å². The first-order valence-corrected chi connectivity index (χ1v) is 6.08. The van der Waals surface area contributed by atoms with Crippen molar-refractivity contribution in [2.75, 3.05) is 24.2 Å². The highest BCUT2D eigenvalue weighted by Gasteiger charge is 2.34. The average molecular weight is 222 g/mol. The maximum absolute atomic E-state index is 6.09. The third kappa shape index (κ3) is 1.88. The Morgan fingerprint density at radius 3 is 2.69 bits per heavy atom. The van der Waals surface area contributed by atoms with E-state index in [2.05, 4.69) is 30.9 Å². The van der Waals surface area contributed by atoms with Gasteiger partial charge in [0.15, 0.2) is 0 Å². The van der Waals surface area contributed by atoms with Crippen molar-refractivity contribution in [2.24, 2.45) is 11.8 Å². The molecule has 0 saturated heterocycles. The van der Waals surface area contributed by atoms with E-state index in [0.717, 1.165) is 42.1 Å². The number of nitrogens with two attached hydrogens (primary N) is 1. The molecule has 1 aromatic rings. The van der Waals surface area contributed by atoms with E-state index in [1.54, 1.807) is 0 Å². The maximum Gasteiger partial charge on any atom is 0.150 e. The molecule has 90 valence electrons. The number of nitrogens with zero attached hydrogens (tertiary/aromatic N) is 3. The van der Waals surface area contributed by atoms with Crippen LogP contribution < -0.4 is 10.6 Å². The fourth-order valence-electron chi connectivity index (χ4n) is 2.30. The Bertz CT molecular complexity index is 383. The van der Waals surface area contributed by atoms with Crippen LogP contribution in [-0.2, 0) is 6.54 Å². The van der Waals surface area contributed by atoms with Crippen LogP contribution >= 0.6 is 0 Å². The van der Waals surface area contributed by atoms with E-state index in [1.807, 2.05) is 11.6 Å². The fourth-order valence-corrected chi connectivity index (χ4v) is 2.30. The summed E-state index contributed by atoms with van der Waals surface area (Å²) in [6.45, 7) is 8.35. The molecular weight excluding hydrogens is 200 g/mol. The van der Waals surface area contributed by atoms with Crippen molar-refractivity contribution >= 4 is 11.5 Å². The maximum atomic E-state index is 6.09. The van der Waals surface area contributed by atoms with Crippen LogP contribution in [0.4, 0.5) is 11.5 Å². The molecule has 2 rings (SSSR count). The molecule has 2 atom stereocenters. The van der Waals surface area contributed by atoms with E-state index in [0.29, 0.717) is 0 Å². The number of hydrogen-bond acceptors (Lipinski definition) is 3. The largest absolute Gasteiger partial charge is 0.394 e. The quantitative estimate of drug-likeness (QED) is 0.846. The summed E-state index contributed by atoms with van der Waals surface area (Å²) in [6.07, 6.45) is 1.35. The van der Waals surface area contributed by atoms with Crippen molar-refractivity contribution < 1.29 is 0 Å². The normalized spacial score (nSPS) is 23.5. The highest BCUT2D eigenvalue weighted by Crippen LogP contribution is 2.39. The number of aromatic nitrogens is 2. The van der Waals surface area contributed by atoms with Crippen LogP contribution in [0.3, 0.4) is 0 Å². The fraction of sp³-hybridized carbons (Fsp3) is 0.750. The molecule has 1 fully saturated rings. The first-order valence-electron chi connectivity index (χ1n) is 6.08. The number of aryl methyl sites for hydroxylation is 2. The van der Waals surface area contributed by atoms with Crippen LogP contribution in [0.1, 0.15) is 26.0 Å². The van der Waals surface area contributed by atoms with Gasteiger partial charge < -0.3 is 10.6 Å². The minimum absolute atomic E-state index is 0.831. The molecule has 0 aromatic carbocycles. The lowest BCUT2D eigenvalue weighted by atomic mass is 10.3. The Balaban J connectivity index is 2.17. The highest BCUT2D eigenvalue weighted by atomic mass is 15.4. The minimum atomic E-state index is 0.831. The summed E-state index contributed by atoms with van der Waals surface area (Å²) < 4.78 is 2.00. The van der Waals surface area contributed by atoms with Gasteiger partial charge in [-0.25, -0.2) is 4.68 Å². The summed E-state index contributed by atoms with van der Waals surface area (Å²) >= 11 is 0. The molecule has 1 aliphatic carbocycles. The Morgan fingerprint density at radius 2 is 2.19 bits per heavy atom. The molecule has 2 unspecified atom stereocenters. The van der Waals surface area contributed by atoms with E-state index in [1.165, 1.54) is 6.42 Å². The second-order valence-corrected chi connectivity index (χ2v) is 4.99. The zero-order valence-corrected chi connectivity index (χ0v) is 10.7. The number of anilines is 2. The summed E-state index contributed by atoms with van der Waals surface area (Å²) in [4.78, 5) is 2.26. The molecule has 1 saturated carbocycles. The third-order valence-corrected chi connectivity index (χ3v) is 3.59. The zero-order chi connectivity index (χ0) is 11.9. The average Bonchev–Trinajstić information content (AvgIpc) is 2.83. The molecule has 4 heteroatoms. The molecule has 0 amide bonds. The molecular formula is C12H22N4. The standard InChI is InChI=1S/C12H22N4/c1-5-16-12(11(13)9(3)14-16)15(4)7-10-6-8(10)2/h8,10H,5-7,13H2,1-4H3. The summed E-state index contributed by atoms with van der Waals surface area (Å²) in [5.41, 5.74) is 7.85. The predicted molar refractivity (Wildman–Crippen MR) is 67.6 cm³/mol. The molecule has 2 N–H and O–H groups in total. The van der Waals surface area contributed by atoms with E-state index >= 15 is 0 Å². The van der Waals surface area contributed by atoms with Gasteiger partial charge in [-0.3, -0.25) is 0 Å². The Kier molecular flexibility index (Phi) is 2.82. The molecule has 0 spiro atoms. The lowest BCUT2D eigenvalue weighted by molar-refractivity contribution is 0.627.